The highest BCUT2D eigenvalue weighted by atomic mass is 35.5. The summed E-state index contributed by atoms with van der Waals surface area (Å²) < 4.78 is 2.01. The average Bonchev–Trinajstić information content (AvgIpc) is 3.35. The SMILES string of the molecule is O=C1S/C(=C\c2cccn2-c2ccc3ccccc3c2)C(=O)N1Cc1ccc(Cl)cc1. The number of halogens is 1. The first kappa shape index (κ1) is 19.7. The molecule has 4 nitrogen and oxygen atoms in total. The molecule has 0 N–H and O–H groups in total. The maximum Gasteiger partial charge on any atom is 0.293 e. The van der Waals surface area contributed by atoms with E-state index in [4.69, 9.17) is 11.6 Å². The van der Waals surface area contributed by atoms with Crippen LogP contribution in [0.25, 0.3) is 22.5 Å². The van der Waals surface area contributed by atoms with Crippen molar-refractivity contribution in [2.24, 2.45) is 0 Å². The van der Waals surface area contributed by atoms with Gasteiger partial charge in [-0.15, -0.1) is 0 Å². The number of nitrogens with zero attached hydrogens (tertiary/aromatic N) is 2. The fourth-order valence-corrected chi connectivity index (χ4v) is 4.57. The molecule has 1 aliphatic heterocycles. The number of carbonyl (C=O) groups is 2. The Morgan fingerprint density at radius 1 is 0.871 bits per heavy atom. The largest absolute Gasteiger partial charge is 0.317 e. The molecule has 1 fully saturated rings. The van der Waals surface area contributed by atoms with Crippen LogP contribution < -0.4 is 0 Å². The van der Waals surface area contributed by atoms with Crippen LogP contribution in [0, 0.1) is 0 Å². The molecule has 1 saturated heterocycles. The number of thioether (sulfide) groups is 1. The van der Waals surface area contributed by atoms with Gasteiger partial charge in [-0.1, -0.05) is 54.1 Å². The lowest BCUT2D eigenvalue weighted by Crippen LogP contribution is -2.27. The molecule has 0 atom stereocenters. The molecule has 6 heteroatoms. The summed E-state index contributed by atoms with van der Waals surface area (Å²) in [7, 11) is 0. The molecule has 2 amide bonds. The minimum atomic E-state index is -0.281. The van der Waals surface area contributed by atoms with Gasteiger partial charge >= 0.3 is 0 Å². The van der Waals surface area contributed by atoms with Gasteiger partial charge in [-0.2, -0.15) is 0 Å². The van der Waals surface area contributed by atoms with Gasteiger partial charge < -0.3 is 4.57 Å². The van der Waals surface area contributed by atoms with E-state index in [9.17, 15) is 9.59 Å². The van der Waals surface area contributed by atoms with E-state index in [-0.39, 0.29) is 17.7 Å². The Hall–Kier alpha value is -3.28. The molecule has 4 aromatic rings. The van der Waals surface area contributed by atoms with Crippen molar-refractivity contribution in [3.8, 4) is 5.69 Å². The lowest BCUT2D eigenvalue weighted by atomic mass is 10.1. The Morgan fingerprint density at radius 2 is 1.65 bits per heavy atom. The molecule has 5 rings (SSSR count). The number of hydrogen-bond donors (Lipinski definition) is 0. The zero-order valence-electron chi connectivity index (χ0n) is 16.4. The van der Waals surface area contributed by atoms with Crippen LogP contribution in [0.4, 0.5) is 4.79 Å². The van der Waals surface area contributed by atoms with Gasteiger partial charge in [0.15, 0.2) is 0 Å². The molecular weight excluding hydrogens is 428 g/mol. The van der Waals surface area contributed by atoms with Crippen molar-refractivity contribution in [2.75, 3.05) is 0 Å². The van der Waals surface area contributed by atoms with E-state index in [0.717, 1.165) is 34.1 Å². The molecule has 0 radical (unpaired) electrons. The first-order valence-corrected chi connectivity index (χ1v) is 10.9. The lowest BCUT2D eigenvalue weighted by molar-refractivity contribution is -0.123. The van der Waals surface area contributed by atoms with Crippen LogP contribution in [-0.4, -0.2) is 20.6 Å². The van der Waals surface area contributed by atoms with Gasteiger partial charge in [0.25, 0.3) is 11.1 Å². The van der Waals surface area contributed by atoms with Crippen LogP contribution in [0.5, 0.6) is 0 Å². The van der Waals surface area contributed by atoms with Crippen LogP contribution in [0.15, 0.2) is 90.0 Å². The third-order valence-corrected chi connectivity index (χ3v) is 6.36. The molecule has 152 valence electrons. The average molecular weight is 445 g/mol. The van der Waals surface area contributed by atoms with Crippen molar-refractivity contribution in [1.29, 1.82) is 0 Å². The van der Waals surface area contributed by atoms with Crippen molar-refractivity contribution in [1.82, 2.24) is 9.47 Å². The maximum absolute atomic E-state index is 12.9. The summed E-state index contributed by atoms with van der Waals surface area (Å²) in [5.41, 5.74) is 2.69. The minimum Gasteiger partial charge on any atom is -0.317 e. The number of rotatable bonds is 4. The number of benzene rings is 3. The highest BCUT2D eigenvalue weighted by Crippen LogP contribution is 2.34. The summed E-state index contributed by atoms with van der Waals surface area (Å²) in [6.07, 6.45) is 3.73. The molecule has 2 heterocycles. The third kappa shape index (κ3) is 3.90. The zero-order valence-corrected chi connectivity index (χ0v) is 17.9. The zero-order chi connectivity index (χ0) is 21.4. The molecule has 0 saturated carbocycles. The first-order valence-electron chi connectivity index (χ1n) is 9.75. The molecule has 1 aromatic heterocycles. The van der Waals surface area contributed by atoms with Crippen LogP contribution >= 0.6 is 23.4 Å². The third-order valence-electron chi connectivity index (χ3n) is 5.20. The Bertz CT molecular complexity index is 1340. The summed E-state index contributed by atoms with van der Waals surface area (Å²) in [6.45, 7) is 0.227. The summed E-state index contributed by atoms with van der Waals surface area (Å²) >= 11 is 6.89. The summed E-state index contributed by atoms with van der Waals surface area (Å²) in [6, 6.07) is 25.4. The highest BCUT2D eigenvalue weighted by Gasteiger charge is 2.35. The number of carbonyl (C=O) groups excluding carboxylic acids is 2. The number of hydrogen-bond acceptors (Lipinski definition) is 3. The predicted octanol–water partition coefficient (Wildman–Crippen LogP) is 6.52. The molecular formula is C25H17ClN2O2S. The molecule has 1 aliphatic rings. The van der Waals surface area contributed by atoms with Gasteiger partial charge in [-0.05, 0) is 70.6 Å². The smallest absolute Gasteiger partial charge is 0.293 e. The van der Waals surface area contributed by atoms with Gasteiger partial charge in [-0.25, -0.2) is 0 Å². The van der Waals surface area contributed by atoms with E-state index in [1.165, 1.54) is 10.3 Å². The quantitative estimate of drug-likeness (QED) is 0.336. The molecule has 0 spiro atoms. The van der Waals surface area contributed by atoms with Crippen molar-refractivity contribution in [3.05, 3.63) is 106 Å². The van der Waals surface area contributed by atoms with Crippen molar-refractivity contribution >= 4 is 51.4 Å². The normalized spacial score (nSPS) is 15.4. The van der Waals surface area contributed by atoms with Crippen molar-refractivity contribution in [3.63, 3.8) is 0 Å². The second kappa shape index (κ2) is 8.10. The van der Waals surface area contributed by atoms with E-state index < -0.39 is 0 Å². The standard InChI is InChI=1S/C25H17ClN2O2S/c26-20-10-7-17(8-11-20)16-28-24(29)23(31-25(28)30)15-21-6-3-13-27(21)22-12-9-18-4-1-2-5-19(18)14-22/h1-15H,16H2/b23-15-. The van der Waals surface area contributed by atoms with Gasteiger partial charge in [0.05, 0.1) is 11.4 Å². The molecule has 0 bridgehead atoms. The van der Waals surface area contributed by atoms with Gasteiger partial charge in [0.1, 0.15) is 0 Å². The second-order valence-electron chi connectivity index (χ2n) is 7.23. The van der Waals surface area contributed by atoms with Crippen LogP contribution in [0.3, 0.4) is 0 Å². The Morgan fingerprint density at radius 3 is 2.45 bits per heavy atom. The number of amides is 2. The van der Waals surface area contributed by atoms with Crippen molar-refractivity contribution < 1.29 is 9.59 Å². The summed E-state index contributed by atoms with van der Waals surface area (Å²) in [5, 5.41) is 2.66. The Labute approximate surface area is 188 Å². The maximum atomic E-state index is 12.9. The van der Waals surface area contributed by atoms with Gasteiger partial charge in [0, 0.05) is 22.6 Å². The predicted molar refractivity (Wildman–Crippen MR) is 126 cm³/mol. The monoisotopic (exact) mass is 444 g/mol. The first-order chi connectivity index (χ1) is 15.1. The molecule has 0 unspecified atom stereocenters. The number of imide groups is 1. The van der Waals surface area contributed by atoms with Crippen LogP contribution in [0.1, 0.15) is 11.3 Å². The summed E-state index contributed by atoms with van der Waals surface area (Å²) in [5.74, 6) is -0.281. The van der Waals surface area contributed by atoms with Crippen molar-refractivity contribution in [2.45, 2.75) is 6.54 Å². The van der Waals surface area contributed by atoms with Crippen LogP contribution in [0.2, 0.25) is 5.02 Å². The topological polar surface area (TPSA) is 42.3 Å². The van der Waals surface area contributed by atoms with Gasteiger partial charge in [-0.3, -0.25) is 14.5 Å². The fraction of sp³-hybridized carbons (Fsp3) is 0.0400. The lowest BCUT2D eigenvalue weighted by Gasteiger charge is -2.12. The van der Waals surface area contributed by atoms with E-state index in [2.05, 4.69) is 24.3 Å². The van der Waals surface area contributed by atoms with Gasteiger partial charge in [0.2, 0.25) is 0 Å². The number of aromatic nitrogens is 1. The van der Waals surface area contributed by atoms with E-state index >= 15 is 0 Å². The van der Waals surface area contributed by atoms with E-state index in [0.29, 0.717) is 9.93 Å². The highest BCUT2D eigenvalue weighted by molar-refractivity contribution is 8.18. The van der Waals surface area contributed by atoms with Crippen LogP contribution in [-0.2, 0) is 11.3 Å². The van der Waals surface area contributed by atoms with E-state index in [1.807, 2.05) is 53.2 Å². The summed E-state index contributed by atoms with van der Waals surface area (Å²) in [4.78, 5) is 27.1. The second-order valence-corrected chi connectivity index (χ2v) is 8.66. The number of fused-ring (bicyclic) bond motifs is 1. The Balaban J connectivity index is 1.43. The Kier molecular flexibility index (Phi) is 5.14. The minimum absolute atomic E-state index is 0.227. The fourth-order valence-electron chi connectivity index (χ4n) is 3.62. The molecule has 0 aliphatic carbocycles. The molecule has 31 heavy (non-hydrogen) atoms. The van der Waals surface area contributed by atoms with E-state index in [1.54, 1.807) is 18.2 Å². The molecule has 3 aromatic carbocycles.